The number of rotatable bonds is 7. The largest absolute Gasteiger partial charge is 0.341 e. The van der Waals surface area contributed by atoms with Crippen LogP contribution in [-0.2, 0) is 6.54 Å². The van der Waals surface area contributed by atoms with Crippen LogP contribution in [0.3, 0.4) is 0 Å². The molecule has 7 nitrogen and oxygen atoms in total. The normalized spacial score (nSPS) is 22.4. The minimum Gasteiger partial charge on any atom is -0.341 e. The van der Waals surface area contributed by atoms with E-state index in [9.17, 15) is 0 Å². The molecule has 1 unspecified atom stereocenters. The number of benzene rings is 3. The first-order valence-corrected chi connectivity index (χ1v) is 13.6. The van der Waals surface area contributed by atoms with Crippen LogP contribution in [0.5, 0.6) is 0 Å². The van der Waals surface area contributed by atoms with E-state index in [0.29, 0.717) is 24.0 Å². The molecule has 2 aromatic heterocycles. The molecule has 1 saturated heterocycles. The summed E-state index contributed by atoms with van der Waals surface area (Å²) in [5, 5.41) is 9.41. The minimum atomic E-state index is -0.0145. The van der Waals surface area contributed by atoms with Crippen LogP contribution in [0, 0.1) is 18.3 Å². The number of piperidine rings is 1. The van der Waals surface area contributed by atoms with Crippen LogP contribution < -0.4 is 16.4 Å². The van der Waals surface area contributed by atoms with E-state index in [1.165, 1.54) is 34.7 Å². The van der Waals surface area contributed by atoms with Gasteiger partial charge in [-0.1, -0.05) is 56.3 Å². The summed E-state index contributed by atoms with van der Waals surface area (Å²) in [5.41, 5.74) is 13.1. The summed E-state index contributed by atoms with van der Waals surface area (Å²) in [6.07, 6.45) is 13.2. The fourth-order valence-electron chi connectivity index (χ4n) is 5.82. The zero-order valence-electron chi connectivity index (χ0n) is 22.5. The fraction of sp³-hybridized carbons (Fsp3) is 0.312. The number of terminal acetylenes is 1. The molecule has 7 rings (SSSR count). The number of nitrogens with zero attached hydrogens (tertiary/aromatic N) is 2. The van der Waals surface area contributed by atoms with Gasteiger partial charge in [-0.3, -0.25) is 5.32 Å². The van der Waals surface area contributed by atoms with Gasteiger partial charge in [0.1, 0.15) is 11.6 Å². The van der Waals surface area contributed by atoms with Gasteiger partial charge in [0, 0.05) is 11.4 Å². The topological polar surface area (TPSA) is 107 Å². The van der Waals surface area contributed by atoms with Gasteiger partial charge >= 0.3 is 0 Å². The summed E-state index contributed by atoms with van der Waals surface area (Å²) < 4.78 is 0. The molecule has 1 aliphatic carbocycles. The van der Waals surface area contributed by atoms with Gasteiger partial charge in [-0.05, 0) is 58.9 Å². The van der Waals surface area contributed by atoms with Crippen molar-refractivity contribution in [2.24, 2.45) is 11.1 Å². The quantitative estimate of drug-likeness (QED) is 0.142. The van der Waals surface area contributed by atoms with Crippen LogP contribution in [-0.4, -0.2) is 32.1 Å². The molecule has 6 N–H and O–H groups in total. The second-order valence-electron chi connectivity index (χ2n) is 11.1. The fourth-order valence-corrected chi connectivity index (χ4v) is 5.82. The van der Waals surface area contributed by atoms with Crippen LogP contribution in [0.1, 0.15) is 50.8 Å². The molecule has 0 amide bonds. The summed E-state index contributed by atoms with van der Waals surface area (Å²) in [4.78, 5) is 16.5. The van der Waals surface area contributed by atoms with Gasteiger partial charge in [0.25, 0.3) is 0 Å². The van der Waals surface area contributed by atoms with Crippen molar-refractivity contribution in [3.8, 4) is 35.2 Å². The number of H-pyrrole nitrogens is 2. The van der Waals surface area contributed by atoms with Crippen molar-refractivity contribution in [1.82, 2.24) is 30.6 Å². The Morgan fingerprint density at radius 2 is 1.79 bits per heavy atom. The third-order valence-electron chi connectivity index (χ3n) is 8.37. The van der Waals surface area contributed by atoms with Crippen molar-refractivity contribution in [3.63, 3.8) is 0 Å². The lowest BCUT2D eigenvalue weighted by atomic mass is 9.99. The number of aromatic amines is 2. The summed E-state index contributed by atoms with van der Waals surface area (Å²) in [6.45, 7) is 5.07. The SMILES string of the molecule is C#C.CCC(N)NCc1ncc(-c2ccc(-c3ccc4c(ccc5[nH]c([C@@H]6C[C@@]7(C)C[C@H]7N6)nc54)c3)cc2)[nH]1. The predicted molar refractivity (Wildman–Crippen MR) is 159 cm³/mol. The highest BCUT2D eigenvalue weighted by molar-refractivity contribution is 6.05. The first-order chi connectivity index (χ1) is 19.0. The molecule has 2 fully saturated rings. The standard InChI is InChI=1S/C30H33N7.C2H2/c1-3-26(31)32-16-27-33-15-24(35-27)18-6-4-17(5-7-18)19-8-10-21-20(12-19)9-11-22-28(21)37-29(36-22)23-13-30(2)14-25(30)34-23;1-2/h4-12,15,23,25-26,32,34H,3,13-14,16,31H2,1-2H3,(H,33,35)(H,36,37);1-2H/t23-,25+,26?,30-;/m0./s1. The van der Waals surface area contributed by atoms with Gasteiger partial charge < -0.3 is 21.0 Å². The van der Waals surface area contributed by atoms with Crippen molar-refractivity contribution < 1.29 is 0 Å². The Morgan fingerprint density at radius 3 is 2.54 bits per heavy atom. The Hall–Kier alpha value is -3.96. The molecule has 2 aliphatic rings. The summed E-state index contributed by atoms with van der Waals surface area (Å²) in [5.74, 6) is 1.96. The summed E-state index contributed by atoms with van der Waals surface area (Å²) in [7, 11) is 0. The van der Waals surface area contributed by atoms with Gasteiger partial charge in [-0.25, -0.2) is 9.97 Å². The molecule has 5 aromatic rings. The molecule has 4 atom stereocenters. The predicted octanol–water partition coefficient (Wildman–Crippen LogP) is 5.62. The number of fused-ring (bicyclic) bond motifs is 4. The van der Waals surface area contributed by atoms with E-state index >= 15 is 0 Å². The number of imidazole rings is 2. The maximum Gasteiger partial charge on any atom is 0.124 e. The van der Waals surface area contributed by atoms with Gasteiger partial charge in [0.05, 0.1) is 41.7 Å². The maximum atomic E-state index is 5.95. The van der Waals surface area contributed by atoms with E-state index in [1.54, 1.807) is 0 Å². The molecule has 39 heavy (non-hydrogen) atoms. The molecular weight excluding hydrogens is 482 g/mol. The smallest absolute Gasteiger partial charge is 0.124 e. The Bertz CT molecular complexity index is 1640. The van der Waals surface area contributed by atoms with E-state index in [-0.39, 0.29) is 6.17 Å². The summed E-state index contributed by atoms with van der Waals surface area (Å²) >= 11 is 0. The number of aromatic nitrogens is 4. The lowest BCUT2D eigenvalue weighted by Gasteiger charge is -2.10. The van der Waals surface area contributed by atoms with E-state index in [0.717, 1.165) is 40.4 Å². The highest BCUT2D eigenvalue weighted by Crippen LogP contribution is 2.57. The van der Waals surface area contributed by atoms with Gasteiger partial charge in [0.15, 0.2) is 0 Å². The molecule has 0 radical (unpaired) electrons. The lowest BCUT2D eigenvalue weighted by molar-refractivity contribution is 0.489. The third-order valence-corrected chi connectivity index (χ3v) is 8.37. The van der Waals surface area contributed by atoms with Crippen LogP contribution in [0.4, 0.5) is 0 Å². The van der Waals surface area contributed by atoms with Crippen molar-refractivity contribution >= 4 is 21.8 Å². The van der Waals surface area contributed by atoms with Gasteiger partial charge in [0.2, 0.25) is 0 Å². The zero-order valence-corrected chi connectivity index (χ0v) is 22.5. The van der Waals surface area contributed by atoms with E-state index in [2.05, 4.69) is 107 Å². The average Bonchev–Trinajstić information content (AvgIpc) is 3.41. The van der Waals surface area contributed by atoms with Crippen molar-refractivity contribution in [1.29, 1.82) is 0 Å². The molecule has 1 aliphatic heterocycles. The molecular formula is C32H35N7. The van der Waals surface area contributed by atoms with Crippen LogP contribution in [0.15, 0.2) is 60.8 Å². The molecule has 198 valence electrons. The first-order valence-electron chi connectivity index (χ1n) is 13.6. The second kappa shape index (κ2) is 9.97. The Morgan fingerprint density at radius 1 is 1.03 bits per heavy atom. The van der Waals surface area contributed by atoms with E-state index in [4.69, 9.17) is 10.7 Å². The zero-order chi connectivity index (χ0) is 27.1. The molecule has 3 heterocycles. The second-order valence-corrected chi connectivity index (χ2v) is 11.1. The molecule has 0 spiro atoms. The number of hydrogen-bond acceptors (Lipinski definition) is 5. The number of nitrogens with one attached hydrogen (secondary N) is 4. The van der Waals surface area contributed by atoms with Gasteiger partial charge in [-0.2, -0.15) is 0 Å². The number of nitrogens with two attached hydrogens (primary N) is 1. The molecule has 7 heteroatoms. The molecule has 3 aromatic carbocycles. The lowest BCUT2D eigenvalue weighted by Crippen LogP contribution is -2.36. The Kier molecular flexibility index (Phi) is 6.48. The van der Waals surface area contributed by atoms with E-state index in [1.807, 2.05) is 6.20 Å². The molecule has 0 bridgehead atoms. The monoisotopic (exact) mass is 517 g/mol. The first kappa shape index (κ1) is 25.3. The average molecular weight is 518 g/mol. The third kappa shape index (κ3) is 4.72. The van der Waals surface area contributed by atoms with Gasteiger partial charge in [-0.15, -0.1) is 12.8 Å². The minimum absolute atomic E-state index is 0.0145. The highest BCUT2D eigenvalue weighted by Gasteiger charge is 2.57. The highest BCUT2D eigenvalue weighted by atomic mass is 15.1. The maximum absolute atomic E-state index is 5.95. The molecule has 1 saturated carbocycles. The summed E-state index contributed by atoms with van der Waals surface area (Å²) in [6, 6.07) is 20.7. The van der Waals surface area contributed by atoms with Crippen LogP contribution in [0.2, 0.25) is 0 Å². The Balaban J connectivity index is 0.00000135. The number of hydrogen-bond donors (Lipinski definition) is 5. The van der Waals surface area contributed by atoms with Crippen molar-refractivity contribution in [3.05, 3.63) is 72.4 Å². The Labute approximate surface area is 229 Å². The van der Waals surface area contributed by atoms with Crippen LogP contribution in [0.25, 0.3) is 44.2 Å². The van der Waals surface area contributed by atoms with Crippen molar-refractivity contribution in [2.75, 3.05) is 0 Å². The van der Waals surface area contributed by atoms with Crippen LogP contribution >= 0.6 is 0 Å². The van der Waals surface area contributed by atoms with E-state index < -0.39 is 0 Å². The van der Waals surface area contributed by atoms with Crippen molar-refractivity contribution in [2.45, 2.75) is 57.9 Å².